The highest BCUT2D eigenvalue weighted by Gasteiger charge is 2.46. The first-order valence-electron chi connectivity index (χ1n) is 14.7. The van der Waals surface area contributed by atoms with Crippen LogP contribution < -0.4 is 26.4 Å². The van der Waals surface area contributed by atoms with Gasteiger partial charge in [-0.2, -0.15) is 0 Å². The van der Waals surface area contributed by atoms with Crippen molar-refractivity contribution in [2.24, 2.45) is 0 Å². The van der Waals surface area contributed by atoms with E-state index in [1.165, 1.54) is 22.3 Å². The minimum atomic E-state index is -0.0714. The van der Waals surface area contributed by atoms with E-state index in [2.05, 4.69) is 137 Å². The fourth-order valence-corrected chi connectivity index (χ4v) is 7.34. The molecule has 43 heavy (non-hydrogen) atoms. The maximum Gasteiger partial charge on any atom is 0.297 e. The molecule has 0 fully saturated rings. The number of anilines is 6. The Morgan fingerprint density at radius 2 is 1.12 bits per heavy atom. The highest BCUT2D eigenvalue weighted by Crippen LogP contribution is 2.48. The minimum Gasteiger partial charge on any atom is -0.467 e. The molecule has 6 aromatic carbocycles. The predicted molar refractivity (Wildman–Crippen MR) is 178 cm³/mol. The molecule has 8 aromatic rings. The fraction of sp³-hybridized carbons (Fsp3) is 0. The van der Waals surface area contributed by atoms with E-state index in [1.54, 1.807) is 0 Å². The van der Waals surface area contributed by atoms with E-state index in [1.807, 2.05) is 12.1 Å². The molecule has 10 rings (SSSR count). The van der Waals surface area contributed by atoms with E-state index < -0.39 is 0 Å². The van der Waals surface area contributed by atoms with Crippen LogP contribution in [-0.4, -0.2) is 6.71 Å². The Morgan fingerprint density at radius 3 is 1.93 bits per heavy atom. The summed E-state index contributed by atoms with van der Waals surface area (Å²) in [5.74, 6) is 0. The number of rotatable bonds is 2. The summed E-state index contributed by atoms with van der Waals surface area (Å²) < 4.78 is 13.4. The predicted octanol–water partition coefficient (Wildman–Crippen LogP) is 8.41. The summed E-state index contributed by atoms with van der Waals surface area (Å²) in [6, 6.07) is 49.2. The normalized spacial score (nSPS) is 13.4. The summed E-state index contributed by atoms with van der Waals surface area (Å²) in [5.41, 5.74) is 12.8. The van der Waals surface area contributed by atoms with Crippen LogP contribution in [0.5, 0.6) is 0 Å². The van der Waals surface area contributed by atoms with Gasteiger partial charge < -0.3 is 18.6 Å². The van der Waals surface area contributed by atoms with Crippen LogP contribution in [0.2, 0.25) is 0 Å². The zero-order valence-corrected chi connectivity index (χ0v) is 23.1. The molecular formula is C38H23BN2O2. The molecule has 5 heteroatoms. The molecule has 2 aliphatic rings. The van der Waals surface area contributed by atoms with Gasteiger partial charge in [0.2, 0.25) is 0 Å². The van der Waals surface area contributed by atoms with E-state index in [0.717, 1.165) is 61.3 Å². The number of fused-ring (bicyclic) bond motifs is 10. The number of hydrogen-bond donors (Lipinski definition) is 0. The second-order valence-electron chi connectivity index (χ2n) is 11.3. The zero-order chi connectivity index (χ0) is 28.1. The third-order valence-corrected chi connectivity index (χ3v) is 9.03. The van der Waals surface area contributed by atoms with Crippen LogP contribution in [0, 0.1) is 0 Å². The summed E-state index contributed by atoms with van der Waals surface area (Å²) in [4.78, 5) is 4.78. The first-order chi connectivity index (χ1) is 21.4. The van der Waals surface area contributed by atoms with Crippen molar-refractivity contribution in [2.75, 3.05) is 9.80 Å². The second-order valence-corrected chi connectivity index (χ2v) is 11.3. The lowest BCUT2D eigenvalue weighted by atomic mass is 9.35. The Hall–Kier alpha value is -5.68. The lowest BCUT2D eigenvalue weighted by Gasteiger charge is -2.42. The molecule has 0 saturated heterocycles. The van der Waals surface area contributed by atoms with Crippen molar-refractivity contribution in [3.8, 4) is 0 Å². The van der Waals surface area contributed by atoms with Crippen LogP contribution in [0.15, 0.2) is 148 Å². The molecule has 0 radical (unpaired) electrons. The van der Waals surface area contributed by atoms with Gasteiger partial charge in [0.25, 0.3) is 6.71 Å². The Bertz CT molecular complexity index is 2380. The first kappa shape index (κ1) is 22.9. The van der Waals surface area contributed by atoms with E-state index in [0.29, 0.717) is 0 Å². The van der Waals surface area contributed by atoms with Gasteiger partial charge in [-0.3, -0.25) is 0 Å². The summed E-state index contributed by atoms with van der Waals surface area (Å²) >= 11 is 0. The van der Waals surface area contributed by atoms with Crippen molar-refractivity contribution in [1.82, 2.24) is 0 Å². The minimum absolute atomic E-state index is 0.0714. The molecule has 0 aliphatic carbocycles. The maximum atomic E-state index is 7.15. The summed E-state index contributed by atoms with van der Waals surface area (Å²) in [5, 5.41) is 3.17. The molecule has 0 unspecified atom stereocenters. The molecule has 4 nitrogen and oxygen atoms in total. The quantitative estimate of drug-likeness (QED) is 0.202. The Balaban J connectivity index is 1.36. The molecule has 2 aliphatic heterocycles. The molecule has 0 bridgehead atoms. The second kappa shape index (κ2) is 8.43. The van der Waals surface area contributed by atoms with Crippen molar-refractivity contribution in [2.45, 2.75) is 0 Å². The van der Waals surface area contributed by atoms with Gasteiger partial charge in [-0.05, 0) is 71.6 Å². The number of nitrogens with zero attached hydrogens (tertiary/aromatic N) is 2. The molecule has 0 N–H and O–H groups in total. The van der Waals surface area contributed by atoms with Crippen LogP contribution in [0.25, 0.3) is 32.9 Å². The Morgan fingerprint density at radius 1 is 0.465 bits per heavy atom. The van der Waals surface area contributed by atoms with E-state index >= 15 is 0 Å². The van der Waals surface area contributed by atoms with Crippen molar-refractivity contribution in [3.05, 3.63) is 140 Å². The Labute approximate surface area is 248 Å². The number of furan rings is 2. The average Bonchev–Trinajstić information content (AvgIpc) is 3.64. The highest BCUT2D eigenvalue weighted by molar-refractivity contribution is 7.00. The largest absolute Gasteiger partial charge is 0.467 e. The average molecular weight is 550 g/mol. The van der Waals surface area contributed by atoms with Gasteiger partial charge in [-0.1, -0.05) is 78.9 Å². The third kappa shape index (κ3) is 3.01. The highest BCUT2D eigenvalue weighted by atomic mass is 16.3. The van der Waals surface area contributed by atoms with Gasteiger partial charge >= 0.3 is 0 Å². The summed E-state index contributed by atoms with van der Waals surface area (Å²) in [6.45, 7) is -0.0714. The first-order valence-corrected chi connectivity index (χ1v) is 14.7. The van der Waals surface area contributed by atoms with Crippen molar-refractivity contribution in [3.63, 3.8) is 0 Å². The van der Waals surface area contributed by atoms with Crippen molar-refractivity contribution >= 4 is 90.3 Å². The fourth-order valence-electron chi connectivity index (χ4n) is 7.34. The smallest absolute Gasteiger partial charge is 0.297 e. The van der Waals surface area contributed by atoms with Gasteiger partial charge in [0.05, 0.1) is 16.7 Å². The van der Waals surface area contributed by atoms with Gasteiger partial charge in [-0.15, -0.1) is 0 Å². The van der Waals surface area contributed by atoms with Crippen LogP contribution >= 0.6 is 0 Å². The number of benzene rings is 6. The van der Waals surface area contributed by atoms with Crippen LogP contribution in [0.3, 0.4) is 0 Å². The van der Waals surface area contributed by atoms with Gasteiger partial charge in [0.15, 0.2) is 0 Å². The number of hydrogen-bond acceptors (Lipinski definition) is 4. The standard InChI is InChI=1S/C38H23BN2O2/c1-3-12-24(13-4-1)40-29-18-9-8-17-28(29)39-35-30(40)19-11-20-31(35)41(25-14-5-2-6-15-25)36-27-22-23-33-34(37(27)43-38(36)39)26-16-7-10-21-32(26)42-33/h1-23H. The molecule has 0 atom stereocenters. The molecule has 4 heterocycles. The topological polar surface area (TPSA) is 32.8 Å². The van der Waals surface area contributed by atoms with Crippen LogP contribution in [-0.2, 0) is 0 Å². The molecular weight excluding hydrogens is 527 g/mol. The lowest BCUT2D eigenvalue weighted by molar-refractivity contribution is 0.651. The SMILES string of the molecule is c1ccc(N2c3ccccc3B3c4oc5c(ccc6oc7ccccc7c65)c4N(c4ccccc4)c4cccc2c43)cc1. The number of para-hydroxylation sites is 4. The Kier molecular flexibility index (Phi) is 4.50. The molecule has 0 saturated carbocycles. The zero-order valence-electron chi connectivity index (χ0n) is 23.1. The van der Waals surface area contributed by atoms with Crippen molar-refractivity contribution < 1.29 is 8.83 Å². The van der Waals surface area contributed by atoms with Gasteiger partial charge in [0, 0.05) is 39.2 Å². The van der Waals surface area contributed by atoms with Crippen LogP contribution in [0.4, 0.5) is 34.1 Å². The summed E-state index contributed by atoms with van der Waals surface area (Å²) in [7, 11) is 0. The maximum absolute atomic E-state index is 7.15. The van der Waals surface area contributed by atoms with E-state index in [-0.39, 0.29) is 6.71 Å². The van der Waals surface area contributed by atoms with E-state index in [4.69, 9.17) is 8.83 Å². The third-order valence-electron chi connectivity index (χ3n) is 9.03. The van der Waals surface area contributed by atoms with Gasteiger partial charge in [0.1, 0.15) is 16.7 Å². The van der Waals surface area contributed by atoms with Gasteiger partial charge in [-0.25, -0.2) is 0 Å². The molecule has 0 amide bonds. The molecule has 200 valence electrons. The van der Waals surface area contributed by atoms with Crippen molar-refractivity contribution in [1.29, 1.82) is 0 Å². The lowest BCUT2D eigenvalue weighted by Crippen LogP contribution is -2.60. The monoisotopic (exact) mass is 550 g/mol. The molecule has 0 spiro atoms. The molecule has 2 aromatic heterocycles. The van der Waals surface area contributed by atoms with Crippen LogP contribution in [0.1, 0.15) is 0 Å². The summed E-state index contributed by atoms with van der Waals surface area (Å²) in [6.07, 6.45) is 0. The van der Waals surface area contributed by atoms with E-state index in [9.17, 15) is 0 Å².